The molecule has 0 aliphatic rings. The Labute approximate surface area is 91.5 Å². The van der Waals surface area contributed by atoms with Gasteiger partial charge in [-0.2, -0.15) is 0 Å². The van der Waals surface area contributed by atoms with Gasteiger partial charge in [-0.3, -0.25) is 4.79 Å². The predicted molar refractivity (Wildman–Crippen MR) is 60.5 cm³/mol. The Hall–Kier alpha value is -0.620. The molecule has 2 N–H and O–H groups in total. The Bertz CT molecular complexity index is 275. The van der Waals surface area contributed by atoms with Crippen LogP contribution >= 0.6 is 0 Å². The summed E-state index contributed by atoms with van der Waals surface area (Å²) in [6.45, 7) is 1.43. The van der Waals surface area contributed by atoms with Crippen LogP contribution in [0.3, 0.4) is 0 Å². The van der Waals surface area contributed by atoms with Gasteiger partial charge in [0, 0.05) is 19.7 Å². The van der Waals surface area contributed by atoms with Crippen molar-refractivity contribution in [3.8, 4) is 0 Å². The second-order valence-electron chi connectivity index (χ2n) is 3.51. The largest absolute Gasteiger partial charge is 0.359 e. The molecule has 0 fully saturated rings. The fourth-order valence-electron chi connectivity index (χ4n) is 1.08. The minimum Gasteiger partial charge on any atom is -0.359 e. The molecule has 0 bridgehead atoms. The molecule has 0 aromatic carbocycles. The molecule has 1 amide bonds. The number of amides is 1. The molecule has 0 saturated carbocycles. The van der Waals surface area contributed by atoms with Gasteiger partial charge in [0.05, 0.1) is 5.75 Å². The van der Waals surface area contributed by atoms with Gasteiger partial charge in [-0.1, -0.05) is 0 Å². The molecule has 0 heterocycles. The van der Waals surface area contributed by atoms with E-state index in [4.69, 9.17) is 0 Å². The van der Waals surface area contributed by atoms with Gasteiger partial charge >= 0.3 is 0 Å². The Kier molecular flexibility index (Phi) is 7.33. The van der Waals surface area contributed by atoms with Gasteiger partial charge in [-0.05, 0) is 25.9 Å². The Balaban J connectivity index is 3.23. The summed E-state index contributed by atoms with van der Waals surface area (Å²) in [5, 5.41) is 5.63. The van der Waals surface area contributed by atoms with E-state index in [0.717, 1.165) is 13.0 Å². The van der Waals surface area contributed by atoms with Gasteiger partial charge in [-0.25, -0.2) is 8.42 Å². The van der Waals surface area contributed by atoms with E-state index in [-0.39, 0.29) is 11.7 Å². The van der Waals surface area contributed by atoms with E-state index < -0.39 is 9.84 Å². The van der Waals surface area contributed by atoms with Gasteiger partial charge < -0.3 is 10.6 Å². The second-order valence-corrected chi connectivity index (χ2v) is 5.77. The monoisotopic (exact) mass is 236 g/mol. The van der Waals surface area contributed by atoms with Crippen LogP contribution in [0.4, 0.5) is 0 Å². The zero-order valence-electron chi connectivity index (χ0n) is 9.38. The SMILES string of the molecule is CNC(=O)CCCNCCCS(C)(=O)=O. The summed E-state index contributed by atoms with van der Waals surface area (Å²) in [7, 11) is -1.23. The van der Waals surface area contributed by atoms with E-state index in [9.17, 15) is 13.2 Å². The zero-order valence-corrected chi connectivity index (χ0v) is 10.2. The fourth-order valence-corrected chi connectivity index (χ4v) is 1.75. The normalized spacial score (nSPS) is 11.3. The highest BCUT2D eigenvalue weighted by Crippen LogP contribution is 1.89. The van der Waals surface area contributed by atoms with Gasteiger partial charge in [0.1, 0.15) is 9.84 Å². The van der Waals surface area contributed by atoms with Crippen molar-refractivity contribution in [3.05, 3.63) is 0 Å². The highest BCUT2D eigenvalue weighted by molar-refractivity contribution is 7.90. The third kappa shape index (κ3) is 11.3. The Morgan fingerprint density at radius 2 is 1.80 bits per heavy atom. The van der Waals surface area contributed by atoms with Crippen LogP contribution in [0.1, 0.15) is 19.3 Å². The molecular formula is C9H20N2O3S. The van der Waals surface area contributed by atoms with Crippen molar-refractivity contribution in [2.24, 2.45) is 0 Å². The summed E-state index contributed by atoms with van der Waals surface area (Å²) in [6, 6.07) is 0. The molecule has 0 aromatic heterocycles. The Morgan fingerprint density at radius 1 is 1.20 bits per heavy atom. The molecular weight excluding hydrogens is 216 g/mol. The van der Waals surface area contributed by atoms with Crippen LogP contribution in [0.5, 0.6) is 0 Å². The molecule has 0 unspecified atom stereocenters. The van der Waals surface area contributed by atoms with Crippen molar-refractivity contribution < 1.29 is 13.2 Å². The Morgan fingerprint density at radius 3 is 2.33 bits per heavy atom. The van der Waals surface area contributed by atoms with E-state index >= 15 is 0 Å². The lowest BCUT2D eigenvalue weighted by atomic mass is 10.3. The third-order valence-electron chi connectivity index (χ3n) is 1.90. The van der Waals surface area contributed by atoms with Crippen molar-refractivity contribution in [1.29, 1.82) is 0 Å². The molecule has 15 heavy (non-hydrogen) atoms. The van der Waals surface area contributed by atoms with E-state index in [1.165, 1.54) is 6.26 Å². The first-order valence-electron chi connectivity index (χ1n) is 5.05. The number of sulfone groups is 1. The van der Waals surface area contributed by atoms with Crippen LogP contribution in [0.15, 0.2) is 0 Å². The molecule has 0 saturated heterocycles. The highest BCUT2D eigenvalue weighted by atomic mass is 32.2. The molecule has 0 spiro atoms. The van der Waals surface area contributed by atoms with Crippen LogP contribution in [-0.2, 0) is 14.6 Å². The number of nitrogens with one attached hydrogen (secondary N) is 2. The summed E-state index contributed by atoms with van der Waals surface area (Å²) >= 11 is 0. The van der Waals surface area contributed by atoms with E-state index in [2.05, 4.69) is 10.6 Å². The maximum atomic E-state index is 10.8. The highest BCUT2D eigenvalue weighted by Gasteiger charge is 2.00. The van der Waals surface area contributed by atoms with Crippen molar-refractivity contribution in [3.63, 3.8) is 0 Å². The predicted octanol–water partition coefficient (Wildman–Crippen LogP) is -0.463. The molecule has 0 aromatic rings. The molecule has 5 nitrogen and oxygen atoms in total. The minimum atomic E-state index is -2.84. The first-order chi connectivity index (χ1) is 6.95. The first-order valence-corrected chi connectivity index (χ1v) is 7.11. The zero-order chi connectivity index (χ0) is 11.7. The lowest BCUT2D eigenvalue weighted by molar-refractivity contribution is -0.120. The summed E-state index contributed by atoms with van der Waals surface area (Å²) < 4.78 is 21.5. The van der Waals surface area contributed by atoms with Gasteiger partial charge in [0.25, 0.3) is 0 Å². The smallest absolute Gasteiger partial charge is 0.219 e. The van der Waals surface area contributed by atoms with Crippen molar-refractivity contribution in [1.82, 2.24) is 10.6 Å². The van der Waals surface area contributed by atoms with Crippen LogP contribution < -0.4 is 10.6 Å². The number of hydrogen-bond donors (Lipinski definition) is 2. The maximum absolute atomic E-state index is 10.8. The lowest BCUT2D eigenvalue weighted by Crippen LogP contribution is -2.22. The third-order valence-corrected chi connectivity index (χ3v) is 2.94. The van der Waals surface area contributed by atoms with E-state index in [1.807, 2.05) is 0 Å². The maximum Gasteiger partial charge on any atom is 0.219 e. The second kappa shape index (κ2) is 7.64. The summed E-state index contributed by atoms with van der Waals surface area (Å²) in [5.74, 6) is 0.253. The van der Waals surface area contributed by atoms with E-state index in [0.29, 0.717) is 19.4 Å². The standard InChI is InChI=1S/C9H20N2O3S/c1-10-9(12)5-3-6-11-7-4-8-15(2,13)14/h11H,3-8H2,1-2H3,(H,10,12). The van der Waals surface area contributed by atoms with Crippen molar-refractivity contribution >= 4 is 15.7 Å². The average Bonchev–Trinajstić information content (AvgIpc) is 2.14. The number of rotatable bonds is 8. The van der Waals surface area contributed by atoms with E-state index in [1.54, 1.807) is 7.05 Å². The molecule has 90 valence electrons. The minimum absolute atomic E-state index is 0.0351. The molecule has 0 aliphatic carbocycles. The lowest BCUT2D eigenvalue weighted by Gasteiger charge is -2.03. The van der Waals surface area contributed by atoms with Gasteiger partial charge in [0.15, 0.2) is 0 Å². The first kappa shape index (κ1) is 14.4. The van der Waals surface area contributed by atoms with Gasteiger partial charge in [-0.15, -0.1) is 0 Å². The molecule has 0 radical (unpaired) electrons. The molecule has 0 atom stereocenters. The summed E-state index contributed by atoms with van der Waals surface area (Å²) in [4.78, 5) is 10.8. The summed E-state index contributed by atoms with van der Waals surface area (Å²) in [6.07, 6.45) is 3.14. The van der Waals surface area contributed by atoms with Gasteiger partial charge in [0.2, 0.25) is 5.91 Å². The topological polar surface area (TPSA) is 75.3 Å². The van der Waals surface area contributed by atoms with Crippen LogP contribution in [0.25, 0.3) is 0 Å². The van der Waals surface area contributed by atoms with Crippen LogP contribution in [0.2, 0.25) is 0 Å². The van der Waals surface area contributed by atoms with Crippen LogP contribution in [-0.4, -0.2) is 46.5 Å². The van der Waals surface area contributed by atoms with Crippen molar-refractivity contribution in [2.45, 2.75) is 19.3 Å². The summed E-state index contributed by atoms with van der Waals surface area (Å²) in [5.41, 5.74) is 0. The fraction of sp³-hybridized carbons (Fsp3) is 0.889. The molecule has 0 rings (SSSR count). The quantitative estimate of drug-likeness (QED) is 0.559. The van der Waals surface area contributed by atoms with Crippen molar-refractivity contribution in [2.75, 3.05) is 32.1 Å². The number of hydrogen-bond acceptors (Lipinski definition) is 4. The molecule has 6 heteroatoms. The number of carbonyl (C=O) groups excluding carboxylic acids is 1. The molecule has 0 aliphatic heterocycles. The number of carbonyl (C=O) groups is 1. The average molecular weight is 236 g/mol. The van der Waals surface area contributed by atoms with Crippen LogP contribution in [0, 0.1) is 0 Å².